The summed E-state index contributed by atoms with van der Waals surface area (Å²) in [4.78, 5) is 19.4. The van der Waals surface area contributed by atoms with E-state index in [1.165, 1.54) is 30.6 Å². The molecule has 2 aliphatic heterocycles. The summed E-state index contributed by atoms with van der Waals surface area (Å²) in [6.45, 7) is 0.179. The van der Waals surface area contributed by atoms with Crippen LogP contribution in [-0.2, 0) is 16.1 Å². The number of thiazole rings is 1. The van der Waals surface area contributed by atoms with Gasteiger partial charge in [0.25, 0.3) is 0 Å². The number of para-hydroxylation sites is 1. The summed E-state index contributed by atoms with van der Waals surface area (Å²) in [6.07, 6.45) is 6.27. The topological polar surface area (TPSA) is 86.9 Å². The van der Waals surface area contributed by atoms with Crippen molar-refractivity contribution >= 4 is 32.7 Å². The monoisotopic (exact) mass is 623 g/mol. The fourth-order valence-corrected chi connectivity index (χ4v) is 7.64. The maximum Gasteiger partial charge on any atom is 0.573 e. The van der Waals surface area contributed by atoms with Gasteiger partial charge in [0.1, 0.15) is 17.2 Å². The summed E-state index contributed by atoms with van der Waals surface area (Å²) < 4.78 is 61.6. The van der Waals surface area contributed by atoms with E-state index < -0.39 is 12.3 Å². The maximum atomic E-state index is 13.1. The zero-order valence-corrected chi connectivity index (χ0v) is 24.5. The Balaban J connectivity index is 1.11. The van der Waals surface area contributed by atoms with Crippen molar-refractivity contribution in [3.8, 4) is 29.4 Å². The highest BCUT2D eigenvalue weighted by Gasteiger charge is 2.43. The fraction of sp³-hybridized carbons (Fsp3) is 0.406. The summed E-state index contributed by atoms with van der Waals surface area (Å²) in [5.74, 6) is 2.74. The molecule has 228 valence electrons. The van der Waals surface area contributed by atoms with E-state index in [1.54, 1.807) is 24.3 Å². The van der Waals surface area contributed by atoms with Crippen LogP contribution < -0.4 is 9.64 Å². The Morgan fingerprint density at radius 1 is 1.16 bits per heavy atom. The molecule has 2 aromatic carbocycles. The molecule has 0 amide bonds. The van der Waals surface area contributed by atoms with Gasteiger partial charge in [0.15, 0.2) is 5.13 Å². The number of piperidine rings is 1. The Morgan fingerprint density at radius 2 is 1.91 bits per heavy atom. The van der Waals surface area contributed by atoms with Crippen LogP contribution in [0.3, 0.4) is 0 Å². The first-order valence-electron chi connectivity index (χ1n) is 14.5. The lowest BCUT2D eigenvalue weighted by atomic mass is 10.00. The lowest BCUT2D eigenvalue weighted by Gasteiger charge is -2.38. The van der Waals surface area contributed by atoms with Gasteiger partial charge in [0.2, 0.25) is 0 Å². The van der Waals surface area contributed by atoms with E-state index in [9.17, 15) is 18.0 Å². The maximum absolute atomic E-state index is 13.1. The number of terminal acetylenes is 1. The number of carbonyl (C=O) groups excluding carboxylic acids is 1. The van der Waals surface area contributed by atoms with Crippen molar-refractivity contribution in [1.29, 1.82) is 0 Å². The normalized spacial score (nSPS) is 21.4. The Hall–Kier alpha value is -4.08. The van der Waals surface area contributed by atoms with Crippen molar-refractivity contribution in [1.82, 2.24) is 10.1 Å². The summed E-state index contributed by atoms with van der Waals surface area (Å²) in [5, 5.41) is 5.06. The number of halogens is 3. The number of methoxy groups -OCH3 is 1. The number of anilines is 1. The van der Waals surface area contributed by atoms with Crippen LogP contribution in [0.25, 0.3) is 21.5 Å². The number of benzene rings is 2. The Kier molecular flexibility index (Phi) is 7.25. The molecule has 4 heterocycles. The van der Waals surface area contributed by atoms with E-state index in [0.29, 0.717) is 33.7 Å². The van der Waals surface area contributed by atoms with Crippen LogP contribution in [0.1, 0.15) is 71.7 Å². The second-order valence-corrected chi connectivity index (χ2v) is 12.4. The number of ether oxygens (including phenoxy) is 3. The smallest absolute Gasteiger partial charge is 0.465 e. The third-order valence-corrected chi connectivity index (χ3v) is 9.58. The van der Waals surface area contributed by atoms with Gasteiger partial charge in [0.05, 0.1) is 41.2 Å². The highest BCUT2D eigenvalue weighted by Crippen LogP contribution is 2.47. The molecule has 44 heavy (non-hydrogen) atoms. The Labute approximate surface area is 255 Å². The van der Waals surface area contributed by atoms with E-state index in [-0.39, 0.29) is 42.0 Å². The molecule has 12 heteroatoms. The van der Waals surface area contributed by atoms with Gasteiger partial charge in [-0.05, 0) is 62.8 Å². The molecular weight excluding hydrogens is 595 g/mol. The highest BCUT2D eigenvalue weighted by atomic mass is 32.1. The molecule has 2 unspecified atom stereocenters. The lowest BCUT2D eigenvalue weighted by molar-refractivity contribution is -0.274. The molecule has 7 rings (SSSR count). The third-order valence-electron chi connectivity index (χ3n) is 8.57. The van der Waals surface area contributed by atoms with E-state index in [1.807, 2.05) is 0 Å². The van der Waals surface area contributed by atoms with Gasteiger partial charge in [-0.3, -0.25) is 0 Å². The number of alkyl halides is 3. The second kappa shape index (κ2) is 11.1. The van der Waals surface area contributed by atoms with Crippen LogP contribution in [0.15, 0.2) is 40.9 Å². The van der Waals surface area contributed by atoms with Gasteiger partial charge in [-0.1, -0.05) is 34.5 Å². The molecule has 0 radical (unpaired) electrons. The average Bonchev–Trinajstić information content (AvgIpc) is 3.52. The predicted molar refractivity (Wildman–Crippen MR) is 157 cm³/mol. The SMILES string of the molecule is C#Cc1cc(C(=O)OC)cc2sc(N3C4CCC3CC(OCc3c(-c5ccccc5OC(F)(F)F)noc3C3CC3)C4)nc12. The molecule has 2 bridgehead atoms. The molecular formula is C32H28F3N3O5S. The van der Waals surface area contributed by atoms with Crippen LogP contribution in [-0.4, -0.2) is 47.8 Å². The van der Waals surface area contributed by atoms with Crippen LogP contribution in [0.5, 0.6) is 5.75 Å². The Bertz CT molecular complexity index is 1760. The highest BCUT2D eigenvalue weighted by molar-refractivity contribution is 7.22. The molecule has 1 aliphatic carbocycles. The molecule has 8 nitrogen and oxygen atoms in total. The van der Waals surface area contributed by atoms with Crippen LogP contribution in [0, 0.1) is 12.3 Å². The van der Waals surface area contributed by atoms with E-state index in [4.69, 9.17) is 25.4 Å². The summed E-state index contributed by atoms with van der Waals surface area (Å²) in [5.41, 5.74) is 2.85. The van der Waals surface area contributed by atoms with Gasteiger partial charge in [-0.25, -0.2) is 9.78 Å². The predicted octanol–water partition coefficient (Wildman–Crippen LogP) is 7.21. The summed E-state index contributed by atoms with van der Waals surface area (Å²) in [6, 6.07) is 9.78. The minimum absolute atomic E-state index is 0.0539. The van der Waals surface area contributed by atoms with Crippen molar-refractivity contribution < 1.29 is 36.7 Å². The number of fused-ring (bicyclic) bond motifs is 3. The van der Waals surface area contributed by atoms with Crippen LogP contribution in [0.2, 0.25) is 0 Å². The van der Waals surface area contributed by atoms with Crippen molar-refractivity contribution in [2.45, 2.75) is 75.6 Å². The quantitative estimate of drug-likeness (QED) is 0.150. The molecule has 2 aromatic heterocycles. The minimum atomic E-state index is -4.83. The van der Waals surface area contributed by atoms with E-state index in [2.05, 4.69) is 20.7 Å². The molecule has 1 saturated carbocycles. The molecule has 0 N–H and O–H groups in total. The number of nitrogens with zero attached hydrogens (tertiary/aromatic N) is 3. The number of rotatable bonds is 8. The molecule has 0 spiro atoms. The van der Waals surface area contributed by atoms with Crippen molar-refractivity contribution in [2.24, 2.45) is 0 Å². The van der Waals surface area contributed by atoms with Gasteiger partial charge in [-0.2, -0.15) is 0 Å². The number of esters is 1. The van der Waals surface area contributed by atoms with Crippen LogP contribution in [0.4, 0.5) is 18.3 Å². The third kappa shape index (κ3) is 5.39. The number of carbonyl (C=O) groups is 1. The average molecular weight is 624 g/mol. The summed E-state index contributed by atoms with van der Waals surface area (Å²) >= 11 is 1.51. The minimum Gasteiger partial charge on any atom is -0.465 e. The van der Waals surface area contributed by atoms with Crippen LogP contribution >= 0.6 is 11.3 Å². The van der Waals surface area contributed by atoms with Crippen molar-refractivity contribution in [3.05, 3.63) is 58.8 Å². The number of aromatic nitrogens is 2. The number of hydrogen-bond donors (Lipinski definition) is 0. The first kappa shape index (κ1) is 28.7. The molecule has 2 atom stereocenters. The molecule has 3 fully saturated rings. The standard InChI is InChI=1S/C32H28F3N3O5S/c1-3-17-12-19(30(39)40-2)13-26-27(17)36-31(44-26)38-20-10-11-21(38)15-22(14-20)41-16-24-28(37-43-29(24)18-8-9-18)23-6-4-5-7-25(23)42-32(33,34)35/h1,4-7,12-13,18,20-22H,8-11,14-16H2,2H3. The van der Waals surface area contributed by atoms with Gasteiger partial charge in [-0.15, -0.1) is 19.6 Å². The largest absolute Gasteiger partial charge is 0.573 e. The van der Waals surface area contributed by atoms with Crippen molar-refractivity contribution in [2.75, 3.05) is 12.0 Å². The lowest BCUT2D eigenvalue weighted by Crippen LogP contribution is -2.45. The number of hydrogen-bond acceptors (Lipinski definition) is 9. The Morgan fingerprint density at radius 3 is 2.59 bits per heavy atom. The zero-order chi connectivity index (χ0) is 30.6. The van der Waals surface area contributed by atoms with E-state index >= 15 is 0 Å². The molecule has 4 aromatic rings. The first-order chi connectivity index (χ1) is 21.2. The fourth-order valence-electron chi connectivity index (χ4n) is 6.47. The second-order valence-electron chi connectivity index (χ2n) is 11.4. The molecule has 2 saturated heterocycles. The van der Waals surface area contributed by atoms with Gasteiger partial charge >= 0.3 is 12.3 Å². The zero-order valence-electron chi connectivity index (χ0n) is 23.7. The van der Waals surface area contributed by atoms with Crippen molar-refractivity contribution in [3.63, 3.8) is 0 Å². The first-order valence-corrected chi connectivity index (χ1v) is 15.3. The molecule has 3 aliphatic rings. The van der Waals surface area contributed by atoms with E-state index in [0.717, 1.165) is 48.4 Å². The summed E-state index contributed by atoms with van der Waals surface area (Å²) in [7, 11) is 1.34. The van der Waals surface area contributed by atoms with Gasteiger partial charge in [0, 0.05) is 29.1 Å². The van der Waals surface area contributed by atoms with Gasteiger partial charge < -0.3 is 23.6 Å².